The minimum absolute atomic E-state index is 0.0131. The summed E-state index contributed by atoms with van der Waals surface area (Å²) in [5, 5.41) is 23.0. The first kappa shape index (κ1) is 32.8. The molecule has 0 saturated carbocycles. The largest absolute Gasteiger partial charge is 0.446 e. The number of rotatable bonds is 10. The van der Waals surface area contributed by atoms with Crippen LogP contribution in [0.2, 0.25) is 0 Å². The third kappa shape index (κ3) is 6.75. The van der Waals surface area contributed by atoms with Gasteiger partial charge in [0.15, 0.2) is 17.9 Å². The van der Waals surface area contributed by atoms with E-state index >= 15 is 0 Å². The van der Waals surface area contributed by atoms with Crippen LogP contribution < -0.4 is 10.6 Å². The highest BCUT2D eigenvalue weighted by Crippen LogP contribution is 2.23. The smallest absolute Gasteiger partial charge is 0.291 e. The Labute approximate surface area is 300 Å². The van der Waals surface area contributed by atoms with E-state index in [-0.39, 0.29) is 30.6 Å². The molecule has 0 atom stereocenters. The Morgan fingerprint density at radius 2 is 1.70 bits per heavy atom. The van der Waals surface area contributed by atoms with Crippen molar-refractivity contribution in [1.29, 1.82) is 0 Å². The van der Waals surface area contributed by atoms with Crippen molar-refractivity contribution in [1.82, 2.24) is 54.7 Å². The van der Waals surface area contributed by atoms with Crippen molar-refractivity contribution in [3.05, 3.63) is 144 Å². The van der Waals surface area contributed by atoms with Gasteiger partial charge in [-0.05, 0) is 56.3 Å². The van der Waals surface area contributed by atoms with Crippen LogP contribution in [0.1, 0.15) is 43.8 Å². The average Bonchev–Trinajstić information content (AvgIpc) is 3.99. The summed E-state index contributed by atoms with van der Waals surface area (Å²) in [6, 6.07) is 24.2. The number of hydrogen-bond donors (Lipinski definition) is 2. The molecular weight excluding hydrogens is 679 g/mol. The number of fused-ring (bicyclic) bond motifs is 1. The molecule has 2 amide bonds. The minimum Gasteiger partial charge on any atom is -0.446 e. The quantitative estimate of drug-likeness (QED) is 0.192. The van der Waals surface area contributed by atoms with Crippen LogP contribution in [0.25, 0.3) is 34.0 Å². The summed E-state index contributed by atoms with van der Waals surface area (Å²) in [5.41, 5.74) is 6.37. The molecule has 262 valence electrons. The standard InChI is InChI=1S/C37H29FN12O3/c1-22-16-23(2)49-35(42-22)29(17-41-49)36(51)43-27-12-8-24(9-13-27)30-19-48(47-45-30)20-31-32(53-21-40-31)18-39-37(52)33-44-34(25-6-4-3-5-7-25)50(46-33)28-14-10-26(38)11-15-28/h3-17,19,21H,18,20H2,1-2H3,(H,39,52)(H,43,51). The molecule has 16 heteroatoms. The number of amides is 2. The highest BCUT2D eigenvalue weighted by Gasteiger charge is 2.21. The van der Waals surface area contributed by atoms with E-state index < -0.39 is 5.91 Å². The number of halogens is 1. The first-order valence-corrected chi connectivity index (χ1v) is 16.4. The molecule has 0 unspecified atom stereocenters. The zero-order valence-electron chi connectivity index (χ0n) is 28.3. The second-order valence-corrected chi connectivity index (χ2v) is 12.1. The van der Waals surface area contributed by atoms with Gasteiger partial charge < -0.3 is 15.1 Å². The maximum absolute atomic E-state index is 13.6. The van der Waals surface area contributed by atoms with Crippen LogP contribution in [0.5, 0.6) is 0 Å². The van der Waals surface area contributed by atoms with E-state index in [1.807, 2.05) is 62.4 Å². The molecule has 5 heterocycles. The van der Waals surface area contributed by atoms with Crippen LogP contribution in [0.3, 0.4) is 0 Å². The molecule has 0 radical (unpaired) electrons. The van der Waals surface area contributed by atoms with Gasteiger partial charge in [-0.15, -0.1) is 10.2 Å². The number of hydrogen-bond acceptors (Lipinski definition) is 10. The zero-order chi connectivity index (χ0) is 36.5. The highest BCUT2D eigenvalue weighted by molar-refractivity contribution is 6.08. The van der Waals surface area contributed by atoms with Gasteiger partial charge in [0, 0.05) is 28.2 Å². The summed E-state index contributed by atoms with van der Waals surface area (Å²) >= 11 is 0. The highest BCUT2D eigenvalue weighted by atomic mass is 19.1. The number of aromatic nitrogens is 10. The third-order valence-electron chi connectivity index (χ3n) is 8.36. The second kappa shape index (κ2) is 13.7. The van der Waals surface area contributed by atoms with Crippen LogP contribution in [-0.4, -0.2) is 61.2 Å². The molecule has 53 heavy (non-hydrogen) atoms. The molecule has 8 rings (SSSR count). The van der Waals surface area contributed by atoms with Crippen LogP contribution >= 0.6 is 0 Å². The van der Waals surface area contributed by atoms with E-state index in [0.29, 0.717) is 45.6 Å². The fraction of sp³-hybridized carbons (Fsp3) is 0.108. The number of oxazole rings is 1. The summed E-state index contributed by atoms with van der Waals surface area (Å²) in [6.45, 7) is 4.02. The van der Waals surface area contributed by atoms with Gasteiger partial charge in [0.05, 0.1) is 31.2 Å². The van der Waals surface area contributed by atoms with Gasteiger partial charge in [0.1, 0.15) is 28.5 Å². The molecule has 2 N–H and O–H groups in total. The van der Waals surface area contributed by atoms with Gasteiger partial charge in [-0.25, -0.2) is 33.2 Å². The van der Waals surface area contributed by atoms with Gasteiger partial charge in [0.2, 0.25) is 5.82 Å². The van der Waals surface area contributed by atoms with Crippen molar-refractivity contribution in [2.75, 3.05) is 5.32 Å². The zero-order valence-corrected chi connectivity index (χ0v) is 28.3. The van der Waals surface area contributed by atoms with Gasteiger partial charge in [-0.1, -0.05) is 47.7 Å². The molecule has 0 aliphatic carbocycles. The van der Waals surface area contributed by atoms with E-state index in [4.69, 9.17) is 4.42 Å². The lowest BCUT2D eigenvalue weighted by molar-refractivity contribution is 0.0937. The fourth-order valence-electron chi connectivity index (χ4n) is 5.77. The van der Waals surface area contributed by atoms with Gasteiger partial charge >= 0.3 is 0 Å². The van der Waals surface area contributed by atoms with Gasteiger partial charge in [-0.2, -0.15) is 5.10 Å². The molecule has 5 aromatic heterocycles. The predicted octanol–water partition coefficient (Wildman–Crippen LogP) is 5.21. The Hall–Kier alpha value is -7.36. The SMILES string of the molecule is Cc1cc(C)n2ncc(C(=O)Nc3ccc(-c4cn(Cc5ncoc5CNC(=O)c5nc(-c6ccccc6)n(-c6ccc(F)cc6)n5)nn4)cc3)c2n1. The lowest BCUT2D eigenvalue weighted by Gasteiger charge is -2.06. The Bertz CT molecular complexity index is 2590. The number of nitrogens with one attached hydrogen (secondary N) is 2. The van der Waals surface area contributed by atoms with Crippen LogP contribution in [0.15, 0.2) is 108 Å². The number of carbonyl (C=O) groups excluding carboxylic acids is 2. The molecule has 0 fully saturated rings. The summed E-state index contributed by atoms with van der Waals surface area (Å²) in [4.78, 5) is 39.6. The third-order valence-corrected chi connectivity index (χ3v) is 8.36. The number of benzene rings is 3. The van der Waals surface area contributed by atoms with Crippen molar-refractivity contribution >= 4 is 23.1 Å². The Morgan fingerprint density at radius 3 is 2.49 bits per heavy atom. The van der Waals surface area contributed by atoms with Crippen LogP contribution in [0, 0.1) is 19.7 Å². The average molecular weight is 709 g/mol. The summed E-state index contributed by atoms with van der Waals surface area (Å²) < 4.78 is 24.0. The topological polar surface area (TPSA) is 176 Å². The minimum atomic E-state index is -0.534. The normalized spacial score (nSPS) is 11.2. The Morgan fingerprint density at radius 1 is 0.906 bits per heavy atom. The van der Waals surface area contributed by atoms with E-state index in [2.05, 4.69) is 46.1 Å². The number of carbonyl (C=O) groups is 2. The van der Waals surface area contributed by atoms with Crippen molar-refractivity contribution in [3.8, 4) is 28.3 Å². The first-order chi connectivity index (χ1) is 25.8. The summed E-state index contributed by atoms with van der Waals surface area (Å²) in [6.07, 6.45) is 4.56. The molecule has 0 aliphatic rings. The maximum atomic E-state index is 13.6. The predicted molar refractivity (Wildman–Crippen MR) is 189 cm³/mol. The number of aryl methyl sites for hydroxylation is 2. The van der Waals surface area contributed by atoms with Crippen LogP contribution in [0.4, 0.5) is 10.1 Å². The van der Waals surface area contributed by atoms with Gasteiger partial charge in [-0.3, -0.25) is 9.59 Å². The molecule has 0 spiro atoms. The van der Waals surface area contributed by atoms with Crippen LogP contribution in [-0.2, 0) is 13.1 Å². The molecule has 3 aromatic carbocycles. The van der Waals surface area contributed by atoms with Crippen molar-refractivity contribution in [2.45, 2.75) is 26.9 Å². The first-order valence-electron chi connectivity index (χ1n) is 16.4. The molecule has 15 nitrogen and oxygen atoms in total. The summed E-state index contributed by atoms with van der Waals surface area (Å²) in [7, 11) is 0. The molecule has 8 aromatic rings. The van der Waals surface area contributed by atoms with E-state index in [0.717, 1.165) is 22.5 Å². The number of anilines is 1. The van der Waals surface area contributed by atoms with E-state index in [1.54, 1.807) is 39.7 Å². The number of nitrogens with zero attached hydrogens (tertiary/aromatic N) is 10. The van der Waals surface area contributed by atoms with E-state index in [1.165, 1.54) is 29.4 Å². The molecule has 0 bridgehead atoms. The van der Waals surface area contributed by atoms with E-state index in [9.17, 15) is 14.0 Å². The Balaban J connectivity index is 0.917. The lowest BCUT2D eigenvalue weighted by Crippen LogP contribution is -2.24. The molecule has 0 aliphatic heterocycles. The lowest BCUT2D eigenvalue weighted by atomic mass is 10.1. The molecular formula is C37H29FN12O3. The van der Waals surface area contributed by atoms with Crippen molar-refractivity contribution in [2.24, 2.45) is 0 Å². The monoisotopic (exact) mass is 708 g/mol. The molecule has 0 saturated heterocycles. The second-order valence-electron chi connectivity index (χ2n) is 12.1. The summed E-state index contributed by atoms with van der Waals surface area (Å²) in [5.74, 6) is -0.465. The fourth-order valence-corrected chi connectivity index (χ4v) is 5.77. The van der Waals surface area contributed by atoms with Crippen molar-refractivity contribution in [3.63, 3.8) is 0 Å². The van der Waals surface area contributed by atoms with Crippen molar-refractivity contribution < 1.29 is 18.4 Å². The van der Waals surface area contributed by atoms with Gasteiger partial charge in [0.25, 0.3) is 11.8 Å². The Kier molecular flexibility index (Phi) is 8.51. The maximum Gasteiger partial charge on any atom is 0.291 e.